The van der Waals surface area contributed by atoms with Crippen LogP contribution in [0.4, 0.5) is 5.69 Å². The van der Waals surface area contributed by atoms with Gasteiger partial charge in [-0.1, -0.05) is 61.5 Å². The van der Waals surface area contributed by atoms with Crippen molar-refractivity contribution in [2.75, 3.05) is 5.32 Å². The Morgan fingerprint density at radius 1 is 1.04 bits per heavy atom. The Kier molecular flexibility index (Phi) is 5.66. The molecule has 1 aromatic heterocycles. The minimum atomic E-state index is -0.307. The highest BCUT2D eigenvalue weighted by Gasteiger charge is 2.13. The number of aromatic nitrogens is 1. The minimum absolute atomic E-state index is 0.0312. The normalized spacial score (nSPS) is 10.6. The molecule has 0 aliphatic rings. The molecule has 0 aliphatic carbocycles. The van der Waals surface area contributed by atoms with Crippen LogP contribution in [0.15, 0.2) is 65.2 Å². The number of anilines is 1. The van der Waals surface area contributed by atoms with Gasteiger partial charge in [-0.2, -0.15) is 0 Å². The van der Waals surface area contributed by atoms with Crippen LogP contribution in [0.2, 0.25) is 0 Å². The summed E-state index contributed by atoms with van der Waals surface area (Å²) >= 11 is 0. The SMILES string of the molecule is CC(C)C(=O)Nc1ccc(CNC(=O)c2cc(-c3ccccc3)on2)cc1. The van der Waals surface area contributed by atoms with E-state index in [2.05, 4.69) is 15.8 Å². The molecule has 2 N–H and O–H groups in total. The lowest BCUT2D eigenvalue weighted by Gasteiger charge is -2.08. The van der Waals surface area contributed by atoms with Gasteiger partial charge in [-0.15, -0.1) is 0 Å². The first-order valence-corrected chi connectivity index (χ1v) is 8.73. The van der Waals surface area contributed by atoms with E-state index in [4.69, 9.17) is 4.52 Å². The summed E-state index contributed by atoms with van der Waals surface area (Å²) in [6.07, 6.45) is 0. The summed E-state index contributed by atoms with van der Waals surface area (Å²) in [6, 6.07) is 18.4. The average molecular weight is 363 g/mol. The Bertz CT molecular complexity index is 915. The van der Waals surface area contributed by atoms with Gasteiger partial charge in [0.05, 0.1) is 0 Å². The van der Waals surface area contributed by atoms with E-state index in [9.17, 15) is 9.59 Å². The summed E-state index contributed by atoms with van der Waals surface area (Å²) < 4.78 is 5.24. The molecule has 6 nitrogen and oxygen atoms in total. The molecular weight excluding hydrogens is 342 g/mol. The van der Waals surface area contributed by atoms with Crippen LogP contribution < -0.4 is 10.6 Å². The fraction of sp³-hybridized carbons (Fsp3) is 0.190. The molecule has 3 rings (SSSR count). The number of rotatable bonds is 6. The van der Waals surface area contributed by atoms with Crippen molar-refractivity contribution in [3.63, 3.8) is 0 Å². The van der Waals surface area contributed by atoms with Gasteiger partial charge in [0, 0.05) is 29.8 Å². The zero-order valence-electron chi connectivity index (χ0n) is 15.2. The van der Waals surface area contributed by atoms with Crippen LogP contribution >= 0.6 is 0 Å². The predicted molar refractivity (Wildman–Crippen MR) is 103 cm³/mol. The number of hydrogen-bond acceptors (Lipinski definition) is 4. The first kappa shape index (κ1) is 18.4. The van der Waals surface area contributed by atoms with E-state index in [0.29, 0.717) is 12.3 Å². The van der Waals surface area contributed by atoms with Crippen LogP contribution in [0.25, 0.3) is 11.3 Å². The molecule has 0 bridgehead atoms. The Balaban J connectivity index is 1.56. The molecule has 3 aromatic rings. The first-order chi connectivity index (χ1) is 13.0. The summed E-state index contributed by atoms with van der Waals surface area (Å²) in [5.41, 5.74) is 2.74. The van der Waals surface area contributed by atoms with Crippen molar-refractivity contribution in [2.45, 2.75) is 20.4 Å². The number of nitrogens with zero attached hydrogens (tertiary/aromatic N) is 1. The molecule has 2 aromatic carbocycles. The standard InChI is InChI=1S/C21H21N3O3/c1-14(2)20(25)23-17-10-8-15(9-11-17)13-22-21(26)18-12-19(27-24-18)16-6-4-3-5-7-16/h3-12,14H,13H2,1-2H3,(H,22,26)(H,23,25). The van der Waals surface area contributed by atoms with Gasteiger partial charge in [-0.3, -0.25) is 9.59 Å². The van der Waals surface area contributed by atoms with E-state index < -0.39 is 0 Å². The molecule has 2 amide bonds. The first-order valence-electron chi connectivity index (χ1n) is 8.73. The molecule has 0 saturated heterocycles. The van der Waals surface area contributed by atoms with E-state index >= 15 is 0 Å². The Morgan fingerprint density at radius 2 is 1.74 bits per heavy atom. The van der Waals surface area contributed by atoms with Gasteiger partial charge in [-0.25, -0.2) is 0 Å². The maximum Gasteiger partial charge on any atom is 0.273 e. The highest BCUT2D eigenvalue weighted by molar-refractivity contribution is 5.93. The zero-order chi connectivity index (χ0) is 19.2. The summed E-state index contributed by atoms with van der Waals surface area (Å²) in [4.78, 5) is 23.9. The Labute approximate surface area is 157 Å². The number of hydrogen-bond donors (Lipinski definition) is 2. The maximum atomic E-state index is 12.3. The van der Waals surface area contributed by atoms with Crippen LogP contribution in [0.5, 0.6) is 0 Å². The van der Waals surface area contributed by atoms with Gasteiger partial charge < -0.3 is 15.2 Å². The van der Waals surface area contributed by atoms with Crippen LogP contribution in [0.1, 0.15) is 29.9 Å². The van der Waals surface area contributed by atoms with Crippen molar-refractivity contribution in [1.29, 1.82) is 0 Å². The molecule has 0 aliphatic heterocycles. The molecular formula is C21H21N3O3. The van der Waals surface area contributed by atoms with E-state index in [-0.39, 0.29) is 23.4 Å². The van der Waals surface area contributed by atoms with Gasteiger partial charge in [0.2, 0.25) is 5.91 Å². The summed E-state index contributed by atoms with van der Waals surface area (Å²) in [5, 5.41) is 9.47. The van der Waals surface area contributed by atoms with Crippen molar-refractivity contribution in [1.82, 2.24) is 10.5 Å². The number of benzene rings is 2. The molecule has 27 heavy (non-hydrogen) atoms. The zero-order valence-corrected chi connectivity index (χ0v) is 15.2. The number of carbonyl (C=O) groups is 2. The van der Waals surface area contributed by atoms with Gasteiger partial charge in [0.15, 0.2) is 11.5 Å². The third-order valence-electron chi connectivity index (χ3n) is 4.00. The molecule has 0 saturated carbocycles. The largest absolute Gasteiger partial charge is 0.355 e. The monoisotopic (exact) mass is 363 g/mol. The maximum absolute atomic E-state index is 12.3. The smallest absolute Gasteiger partial charge is 0.273 e. The second-order valence-corrected chi connectivity index (χ2v) is 6.47. The van der Waals surface area contributed by atoms with Crippen molar-refractivity contribution < 1.29 is 14.1 Å². The summed E-state index contributed by atoms with van der Waals surface area (Å²) in [7, 11) is 0. The lowest BCUT2D eigenvalue weighted by molar-refractivity contribution is -0.118. The number of nitrogens with one attached hydrogen (secondary N) is 2. The van der Waals surface area contributed by atoms with E-state index in [1.165, 1.54) is 0 Å². The predicted octanol–water partition coefficient (Wildman–Crippen LogP) is 3.87. The third kappa shape index (κ3) is 4.82. The second kappa shape index (κ2) is 8.31. The summed E-state index contributed by atoms with van der Waals surface area (Å²) in [5.74, 6) is 0.132. The third-order valence-corrected chi connectivity index (χ3v) is 4.00. The minimum Gasteiger partial charge on any atom is -0.355 e. The van der Waals surface area contributed by atoms with E-state index in [0.717, 1.165) is 16.8 Å². The Morgan fingerprint density at radius 3 is 2.41 bits per heavy atom. The van der Waals surface area contributed by atoms with Gasteiger partial charge >= 0.3 is 0 Å². The molecule has 0 atom stereocenters. The number of amides is 2. The lowest BCUT2D eigenvalue weighted by atomic mass is 10.1. The highest BCUT2D eigenvalue weighted by atomic mass is 16.5. The van der Waals surface area contributed by atoms with Gasteiger partial charge in [0.25, 0.3) is 5.91 Å². The van der Waals surface area contributed by atoms with E-state index in [1.807, 2.05) is 68.4 Å². The van der Waals surface area contributed by atoms with Crippen molar-refractivity contribution >= 4 is 17.5 Å². The average Bonchev–Trinajstić information content (AvgIpc) is 3.18. The highest BCUT2D eigenvalue weighted by Crippen LogP contribution is 2.19. The summed E-state index contributed by atoms with van der Waals surface area (Å²) in [6.45, 7) is 4.03. The van der Waals surface area contributed by atoms with E-state index in [1.54, 1.807) is 6.07 Å². The molecule has 0 radical (unpaired) electrons. The molecule has 0 spiro atoms. The fourth-order valence-corrected chi connectivity index (χ4v) is 2.39. The van der Waals surface area contributed by atoms with Crippen molar-refractivity contribution in [3.05, 3.63) is 71.9 Å². The van der Waals surface area contributed by atoms with Crippen molar-refractivity contribution in [3.8, 4) is 11.3 Å². The quantitative estimate of drug-likeness (QED) is 0.696. The molecule has 6 heteroatoms. The van der Waals surface area contributed by atoms with Gasteiger partial charge in [0.1, 0.15) is 0 Å². The van der Waals surface area contributed by atoms with Crippen LogP contribution in [0.3, 0.4) is 0 Å². The number of carbonyl (C=O) groups excluding carboxylic acids is 2. The van der Waals surface area contributed by atoms with Crippen molar-refractivity contribution in [2.24, 2.45) is 5.92 Å². The fourth-order valence-electron chi connectivity index (χ4n) is 2.39. The molecule has 0 unspecified atom stereocenters. The molecule has 138 valence electrons. The Hall–Kier alpha value is -3.41. The lowest BCUT2D eigenvalue weighted by Crippen LogP contribution is -2.23. The van der Waals surface area contributed by atoms with Crippen LogP contribution in [0, 0.1) is 5.92 Å². The molecule has 1 heterocycles. The van der Waals surface area contributed by atoms with Crippen LogP contribution in [-0.2, 0) is 11.3 Å². The van der Waals surface area contributed by atoms with Crippen LogP contribution in [-0.4, -0.2) is 17.0 Å². The molecule has 0 fully saturated rings. The topological polar surface area (TPSA) is 84.2 Å². The second-order valence-electron chi connectivity index (χ2n) is 6.47. The van der Waals surface area contributed by atoms with Gasteiger partial charge in [-0.05, 0) is 17.7 Å².